The first kappa shape index (κ1) is 31.9. The Labute approximate surface area is 299 Å². The number of thiophene rings is 1. The van der Waals surface area contributed by atoms with Crippen LogP contribution in [0.2, 0.25) is 17.3 Å². The number of rotatable bonds is 4. The maximum absolute atomic E-state index is 8.40. The van der Waals surface area contributed by atoms with Gasteiger partial charge in [-0.2, -0.15) is 11.3 Å². The largest absolute Gasteiger partial charge is 0 e. The molecule has 3 aromatic heterocycles. The molecular weight excluding hydrogens is 829 g/mol. The molecule has 8 rings (SSSR count). The second-order valence-electron chi connectivity index (χ2n) is 12.9. The molecule has 0 aliphatic rings. The van der Waals surface area contributed by atoms with Gasteiger partial charge in [0, 0.05) is 32.4 Å². The standard InChI is InChI=1S/C28H20NS.C14H16GeN.Ir/c1-17(2)19-14-15-29-26(16-19)25-9-5-8-22-24-13-12-21-20-7-4-3-6-18(20)10-11-23(21)27(24)30-28(22)25;1-15(2,3)13-9-10-14(16-11-13)12-7-5-4-6-8-12;/h3-8,10-17H,1-2H3;4-7,9-11H,1-3H3;/q2*-1;/i17D;;. The van der Waals surface area contributed by atoms with Crippen molar-refractivity contribution in [3.05, 3.63) is 139 Å². The molecule has 235 valence electrons. The first-order valence-electron chi connectivity index (χ1n) is 16.2. The molecule has 0 amide bonds. The first-order valence-corrected chi connectivity index (χ1v) is 23.8. The summed E-state index contributed by atoms with van der Waals surface area (Å²) in [5.41, 5.74) is 4.93. The molecule has 0 spiro atoms. The molecule has 0 saturated heterocycles. The third kappa shape index (κ3) is 6.71. The summed E-state index contributed by atoms with van der Waals surface area (Å²) in [4.78, 5) is 9.17. The van der Waals surface area contributed by atoms with Crippen molar-refractivity contribution in [2.75, 3.05) is 0 Å². The van der Waals surface area contributed by atoms with Gasteiger partial charge in [0.25, 0.3) is 0 Å². The minimum absolute atomic E-state index is 0. The maximum atomic E-state index is 8.40. The van der Waals surface area contributed by atoms with E-state index in [1.807, 2.05) is 80.0 Å². The number of fused-ring (bicyclic) bond motifs is 7. The maximum Gasteiger partial charge on any atom is 0 e. The SMILES string of the molecule is [2H]C(C)(C)c1ccnc(-c2[c-]ccc3c2sc2c3ccc3c4ccccc4ccc32)c1.[CH3][Ge]([CH3])([CH3])[c]1ccc(-c2[c-]cccc2)nc1.[Ir]. The normalized spacial score (nSPS) is 12.1. The van der Waals surface area contributed by atoms with Gasteiger partial charge >= 0.3 is 99.8 Å². The molecule has 0 aliphatic heterocycles. The van der Waals surface area contributed by atoms with E-state index in [1.165, 1.54) is 46.1 Å². The second kappa shape index (κ2) is 13.8. The van der Waals surface area contributed by atoms with Gasteiger partial charge in [0.05, 0.1) is 0 Å². The average Bonchev–Trinajstić information content (AvgIpc) is 3.48. The minimum Gasteiger partial charge on any atom is 0 e. The van der Waals surface area contributed by atoms with Crippen LogP contribution >= 0.6 is 11.3 Å². The Kier molecular flexibility index (Phi) is 9.38. The number of aromatic nitrogens is 2. The van der Waals surface area contributed by atoms with Crippen molar-refractivity contribution in [3.63, 3.8) is 0 Å². The van der Waals surface area contributed by atoms with Crippen LogP contribution in [0.1, 0.15) is 26.7 Å². The number of pyridine rings is 2. The minimum atomic E-state index is -1.72. The summed E-state index contributed by atoms with van der Waals surface area (Å²) in [5.74, 6) is 6.48. The van der Waals surface area contributed by atoms with Crippen molar-refractivity contribution >= 4 is 70.7 Å². The fourth-order valence-corrected chi connectivity index (χ4v) is 9.41. The average molecular weight is 867 g/mol. The fourth-order valence-electron chi connectivity index (χ4n) is 5.91. The van der Waals surface area contributed by atoms with Gasteiger partial charge in [-0.25, -0.2) is 0 Å². The molecule has 2 nitrogen and oxygen atoms in total. The van der Waals surface area contributed by atoms with E-state index < -0.39 is 19.2 Å². The zero-order valence-corrected chi connectivity index (χ0v) is 32.5. The number of nitrogens with zero attached hydrogens (tertiary/aromatic N) is 2. The van der Waals surface area contributed by atoms with Gasteiger partial charge in [0.15, 0.2) is 0 Å². The third-order valence-electron chi connectivity index (χ3n) is 8.53. The summed E-state index contributed by atoms with van der Waals surface area (Å²) in [6.45, 7) is 3.82. The molecule has 0 fully saturated rings. The summed E-state index contributed by atoms with van der Waals surface area (Å²) in [6, 6.07) is 44.6. The number of hydrogen-bond acceptors (Lipinski definition) is 3. The van der Waals surface area contributed by atoms with Crippen molar-refractivity contribution < 1.29 is 21.5 Å². The molecule has 0 saturated carbocycles. The first-order chi connectivity index (χ1) is 22.6. The zero-order valence-electron chi connectivity index (χ0n) is 28.2. The quantitative estimate of drug-likeness (QED) is 0.100. The summed E-state index contributed by atoms with van der Waals surface area (Å²) >= 11 is 0.101. The predicted molar refractivity (Wildman–Crippen MR) is 202 cm³/mol. The molecular formula is C42H36GeIrN2S-2. The fraction of sp³-hybridized carbons (Fsp3) is 0.143. The Morgan fingerprint density at radius 3 is 2.17 bits per heavy atom. The Morgan fingerprint density at radius 2 is 1.43 bits per heavy atom. The van der Waals surface area contributed by atoms with E-state index in [0.29, 0.717) is 0 Å². The Morgan fingerprint density at radius 1 is 0.681 bits per heavy atom. The van der Waals surface area contributed by atoms with Gasteiger partial charge in [-0.05, 0) is 49.3 Å². The second-order valence-corrected chi connectivity index (χ2v) is 24.6. The predicted octanol–water partition coefficient (Wildman–Crippen LogP) is 11.4. The van der Waals surface area contributed by atoms with Crippen molar-refractivity contribution in [2.24, 2.45) is 0 Å². The van der Waals surface area contributed by atoms with Gasteiger partial charge in [-0.1, -0.05) is 79.4 Å². The van der Waals surface area contributed by atoms with Crippen LogP contribution in [-0.2, 0) is 20.1 Å². The summed E-state index contributed by atoms with van der Waals surface area (Å²) in [5, 5.41) is 7.65. The Balaban J connectivity index is 0.000000201. The van der Waals surface area contributed by atoms with Crippen LogP contribution in [0.15, 0.2) is 122 Å². The monoisotopic (exact) mass is 868 g/mol. The van der Waals surface area contributed by atoms with Gasteiger partial charge in [-0.3, -0.25) is 0 Å². The van der Waals surface area contributed by atoms with E-state index in [4.69, 9.17) is 1.37 Å². The molecule has 0 atom stereocenters. The van der Waals surface area contributed by atoms with Gasteiger partial charge < -0.3 is 4.98 Å². The van der Waals surface area contributed by atoms with Crippen molar-refractivity contribution in [1.29, 1.82) is 0 Å². The third-order valence-corrected chi connectivity index (χ3v) is 14.1. The van der Waals surface area contributed by atoms with Gasteiger partial charge in [0.1, 0.15) is 0 Å². The van der Waals surface area contributed by atoms with E-state index >= 15 is 0 Å². The molecule has 47 heavy (non-hydrogen) atoms. The van der Waals surface area contributed by atoms with Crippen LogP contribution in [0.4, 0.5) is 0 Å². The van der Waals surface area contributed by atoms with E-state index in [9.17, 15) is 0 Å². The van der Waals surface area contributed by atoms with E-state index in [0.717, 1.165) is 28.1 Å². The van der Waals surface area contributed by atoms with Crippen LogP contribution < -0.4 is 4.40 Å². The molecule has 1 radical (unpaired) electrons. The Bertz CT molecular complexity index is 2370. The van der Waals surface area contributed by atoms with Gasteiger partial charge in [0.2, 0.25) is 0 Å². The van der Waals surface area contributed by atoms with Crippen LogP contribution in [0.5, 0.6) is 0 Å². The van der Waals surface area contributed by atoms with Crippen molar-refractivity contribution in [2.45, 2.75) is 37.0 Å². The van der Waals surface area contributed by atoms with Crippen LogP contribution in [0.25, 0.3) is 64.2 Å². The van der Waals surface area contributed by atoms with Gasteiger partial charge in [-0.15, -0.1) is 23.8 Å². The number of benzene rings is 5. The zero-order chi connectivity index (χ0) is 32.8. The topological polar surface area (TPSA) is 25.8 Å². The van der Waals surface area contributed by atoms with E-state index in [1.54, 1.807) is 0 Å². The van der Waals surface area contributed by atoms with E-state index in [2.05, 4.69) is 106 Å². The summed E-state index contributed by atoms with van der Waals surface area (Å²) < 4.78 is 12.3. The summed E-state index contributed by atoms with van der Waals surface area (Å²) in [6.07, 6.45) is 3.85. The van der Waals surface area contributed by atoms with Crippen LogP contribution in [-0.4, -0.2) is 23.2 Å². The van der Waals surface area contributed by atoms with E-state index in [-0.39, 0.29) is 20.1 Å². The number of hydrogen-bond donors (Lipinski definition) is 0. The molecule has 3 heterocycles. The van der Waals surface area contributed by atoms with Crippen LogP contribution in [0.3, 0.4) is 0 Å². The summed E-state index contributed by atoms with van der Waals surface area (Å²) in [7, 11) is 0. The smallest absolute Gasteiger partial charge is 0 e. The molecule has 0 unspecified atom stereocenters. The van der Waals surface area contributed by atoms with Crippen molar-refractivity contribution in [3.8, 4) is 22.5 Å². The molecule has 0 aliphatic carbocycles. The van der Waals surface area contributed by atoms with Crippen molar-refractivity contribution in [1.82, 2.24) is 9.97 Å². The molecule has 0 bridgehead atoms. The van der Waals surface area contributed by atoms with Crippen LogP contribution in [0, 0.1) is 12.1 Å². The molecule has 0 N–H and O–H groups in total. The molecule has 5 aromatic carbocycles. The molecule has 8 aromatic rings. The Hall–Kier alpha value is -3.67. The molecule has 5 heteroatoms.